The highest BCUT2D eigenvalue weighted by Gasteiger charge is 2.10. The molecule has 0 saturated carbocycles. The Morgan fingerprint density at radius 2 is 1.87 bits per heavy atom. The standard InChI is InChI=1S/C19H22FNOS/c1-3-15-8-10-16(11-9-15)14(2)21-19(22)13-23-12-17-6-4-5-7-18(17)20/h4-11,14H,3,12-13H2,1-2H3,(H,21,22)/t14-/m1/s1. The van der Waals surface area contributed by atoms with Gasteiger partial charge in [-0.15, -0.1) is 11.8 Å². The number of hydrogen-bond acceptors (Lipinski definition) is 2. The van der Waals surface area contributed by atoms with Crippen molar-refractivity contribution in [2.45, 2.75) is 32.1 Å². The molecule has 1 atom stereocenters. The van der Waals surface area contributed by atoms with Crippen molar-refractivity contribution in [3.63, 3.8) is 0 Å². The Kier molecular flexibility index (Phi) is 6.66. The lowest BCUT2D eigenvalue weighted by Crippen LogP contribution is -2.28. The van der Waals surface area contributed by atoms with E-state index in [-0.39, 0.29) is 17.8 Å². The maximum Gasteiger partial charge on any atom is 0.230 e. The average Bonchev–Trinajstić information content (AvgIpc) is 2.56. The van der Waals surface area contributed by atoms with Crippen LogP contribution in [0, 0.1) is 5.82 Å². The molecule has 0 aliphatic carbocycles. The Balaban J connectivity index is 1.78. The number of carbonyl (C=O) groups is 1. The smallest absolute Gasteiger partial charge is 0.230 e. The fourth-order valence-electron chi connectivity index (χ4n) is 2.28. The third-order valence-corrected chi connectivity index (χ3v) is 4.70. The van der Waals surface area contributed by atoms with E-state index in [4.69, 9.17) is 0 Å². The van der Waals surface area contributed by atoms with Gasteiger partial charge in [0, 0.05) is 5.75 Å². The van der Waals surface area contributed by atoms with Crippen molar-refractivity contribution in [1.29, 1.82) is 0 Å². The summed E-state index contributed by atoms with van der Waals surface area (Å²) < 4.78 is 13.5. The van der Waals surface area contributed by atoms with Gasteiger partial charge in [-0.2, -0.15) is 0 Å². The average molecular weight is 331 g/mol. The maximum atomic E-state index is 13.5. The van der Waals surface area contributed by atoms with E-state index in [2.05, 4.69) is 36.5 Å². The van der Waals surface area contributed by atoms with Gasteiger partial charge >= 0.3 is 0 Å². The zero-order chi connectivity index (χ0) is 16.7. The molecule has 2 aromatic rings. The van der Waals surface area contributed by atoms with Gasteiger partial charge in [-0.25, -0.2) is 4.39 Å². The minimum Gasteiger partial charge on any atom is -0.349 e. The van der Waals surface area contributed by atoms with Gasteiger partial charge < -0.3 is 5.32 Å². The molecule has 122 valence electrons. The van der Waals surface area contributed by atoms with Gasteiger partial charge in [0.15, 0.2) is 0 Å². The van der Waals surface area contributed by atoms with Crippen molar-refractivity contribution >= 4 is 17.7 Å². The van der Waals surface area contributed by atoms with Crippen molar-refractivity contribution in [3.8, 4) is 0 Å². The second kappa shape index (κ2) is 8.73. The molecule has 0 saturated heterocycles. The molecule has 0 heterocycles. The molecule has 1 N–H and O–H groups in total. The maximum absolute atomic E-state index is 13.5. The summed E-state index contributed by atoms with van der Waals surface area (Å²) in [5.74, 6) is 0.578. The lowest BCUT2D eigenvalue weighted by molar-refractivity contribution is -0.119. The van der Waals surface area contributed by atoms with Crippen LogP contribution in [0.4, 0.5) is 4.39 Å². The van der Waals surface area contributed by atoms with E-state index in [1.165, 1.54) is 23.4 Å². The Morgan fingerprint density at radius 1 is 1.17 bits per heavy atom. The highest BCUT2D eigenvalue weighted by atomic mass is 32.2. The zero-order valence-electron chi connectivity index (χ0n) is 13.5. The van der Waals surface area contributed by atoms with Crippen molar-refractivity contribution in [1.82, 2.24) is 5.32 Å². The number of carbonyl (C=O) groups excluding carboxylic acids is 1. The van der Waals surface area contributed by atoms with Crippen LogP contribution in [-0.2, 0) is 17.0 Å². The molecule has 1 amide bonds. The van der Waals surface area contributed by atoms with Crippen LogP contribution in [0.1, 0.15) is 36.6 Å². The summed E-state index contributed by atoms with van der Waals surface area (Å²) in [6.45, 7) is 4.09. The number of aryl methyl sites for hydroxylation is 1. The summed E-state index contributed by atoms with van der Waals surface area (Å²) in [5, 5.41) is 2.98. The predicted octanol–water partition coefficient (Wildman–Crippen LogP) is 4.50. The van der Waals surface area contributed by atoms with Crippen LogP contribution in [0.5, 0.6) is 0 Å². The number of hydrogen-bond donors (Lipinski definition) is 1. The van der Waals surface area contributed by atoms with Crippen LogP contribution in [-0.4, -0.2) is 11.7 Å². The highest BCUT2D eigenvalue weighted by Crippen LogP contribution is 2.17. The Hall–Kier alpha value is -1.81. The number of rotatable bonds is 7. The first-order valence-electron chi connectivity index (χ1n) is 7.79. The van der Waals surface area contributed by atoms with Gasteiger partial charge in [0.05, 0.1) is 11.8 Å². The zero-order valence-corrected chi connectivity index (χ0v) is 14.3. The number of thioether (sulfide) groups is 1. The molecule has 23 heavy (non-hydrogen) atoms. The van der Waals surface area contributed by atoms with Gasteiger partial charge in [-0.05, 0) is 36.1 Å². The third kappa shape index (κ3) is 5.39. The predicted molar refractivity (Wildman–Crippen MR) is 94.9 cm³/mol. The molecule has 0 aliphatic rings. The topological polar surface area (TPSA) is 29.1 Å². The van der Waals surface area contributed by atoms with Crippen molar-refractivity contribution in [2.24, 2.45) is 0 Å². The summed E-state index contributed by atoms with van der Waals surface area (Å²) in [6.07, 6.45) is 1.01. The first-order chi connectivity index (χ1) is 11.1. The molecular formula is C19H22FNOS. The number of halogens is 1. The molecule has 0 spiro atoms. The van der Waals surface area contributed by atoms with Gasteiger partial charge in [-0.1, -0.05) is 49.4 Å². The molecule has 2 rings (SSSR count). The minimum absolute atomic E-state index is 0.0255. The van der Waals surface area contributed by atoms with Crippen LogP contribution in [0.2, 0.25) is 0 Å². The van der Waals surface area contributed by atoms with E-state index in [9.17, 15) is 9.18 Å². The minimum atomic E-state index is -0.218. The largest absolute Gasteiger partial charge is 0.349 e. The third-order valence-electron chi connectivity index (χ3n) is 3.71. The van der Waals surface area contributed by atoms with E-state index >= 15 is 0 Å². The monoisotopic (exact) mass is 331 g/mol. The van der Waals surface area contributed by atoms with Crippen LogP contribution < -0.4 is 5.32 Å². The Morgan fingerprint density at radius 3 is 2.52 bits per heavy atom. The van der Waals surface area contributed by atoms with Gasteiger partial charge in [0.25, 0.3) is 0 Å². The van der Waals surface area contributed by atoms with Crippen molar-refractivity contribution in [2.75, 3.05) is 5.75 Å². The Bertz CT molecular complexity index is 642. The van der Waals surface area contributed by atoms with Crippen molar-refractivity contribution < 1.29 is 9.18 Å². The molecule has 4 heteroatoms. The fourth-order valence-corrected chi connectivity index (χ4v) is 3.10. The normalized spacial score (nSPS) is 12.0. The summed E-state index contributed by atoms with van der Waals surface area (Å²) in [4.78, 5) is 12.0. The van der Waals surface area contributed by atoms with Crippen LogP contribution in [0.25, 0.3) is 0 Å². The van der Waals surface area contributed by atoms with E-state index in [1.54, 1.807) is 18.2 Å². The second-order valence-corrected chi connectivity index (χ2v) is 6.45. The van der Waals surface area contributed by atoms with Gasteiger partial charge in [0.1, 0.15) is 5.82 Å². The molecular weight excluding hydrogens is 309 g/mol. The molecule has 2 aromatic carbocycles. The van der Waals surface area contributed by atoms with Crippen LogP contribution in [0.15, 0.2) is 48.5 Å². The highest BCUT2D eigenvalue weighted by molar-refractivity contribution is 7.99. The molecule has 0 fully saturated rings. The number of benzene rings is 2. The fraction of sp³-hybridized carbons (Fsp3) is 0.316. The second-order valence-electron chi connectivity index (χ2n) is 5.47. The van der Waals surface area contributed by atoms with Gasteiger partial charge in [0.2, 0.25) is 5.91 Å². The lowest BCUT2D eigenvalue weighted by atomic mass is 10.1. The molecule has 0 aliphatic heterocycles. The molecule has 0 bridgehead atoms. The lowest BCUT2D eigenvalue weighted by Gasteiger charge is -2.14. The molecule has 0 radical (unpaired) electrons. The van der Waals surface area contributed by atoms with E-state index in [1.807, 2.05) is 6.92 Å². The van der Waals surface area contributed by atoms with E-state index in [0.29, 0.717) is 17.1 Å². The van der Waals surface area contributed by atoms with Crippen LogP contribution in [0.3, 0.4) is 0 Å². The first-order valence-corrected chi connectivity index (χ1v) is 8.95. The first kappa shape index (κ1) is 17.5. The molecule has 0 aromatic heterocycles. The van der Waals surface area contributed by atoms with Crippen LogP contribution >= 0.6 is 11.8 Å². The Labute approximate surface area is 141 Å². The quantitative estimate of drug-likeness (QED) is 0.809. The van der Waals surface area contributed by atoms with Crippen molar-refractivity contribution in [3.05, 3.63) is 71.0 Å². The molecule has 0 unspecified atom stereocenters. The van der Waals surface area contributed by atoms with E-state index in [0.717, 1.165) is 12.0 Å². The number of amides is 1. The van der Waals surface area contributed by atoms with E-state index < -0.39 is 0 Å². The summed E-state index contributed by atoms with van der Waals surface area (Å²) in [6, 6.07) is 14.9. The SMILES string of the molecule is CCc1ccc([C@@H](C)NC(=O)CSCc2ccccc2F)cc1. The molecule has 2 nitrogen and oxygen atoms in total. The summed E-state index contributed by atoms with van der Waals surface area (Å²) in [5.41, 5.74) is 3.01. The number of nitrogens with one attached hydrogen (secondary N) is 1. The summed E-state index contributed by atoms with van der Waals surface area (Å²) >= 11 is 1.42. The van der Waals surface area contributed by atoms with Gasteiger partial charge in [-0.3, -0.25) is 4.79 Å². The summed E-state index contributed by atoms with van der Waals surface area (Å²) in [7, 11) is 0.